The Morgan fingerprint density at radius 3 is 2.23 bits per heavy atom. The minimum atomic E-state index is 0.395. The van der Waals surface area contributed by atoms with Crippen LogP contribution in [0.3, 0.4) is 0 Å². The minimum absolute atomic E-state index is 0.395. The zero-order valence-corrected chi connectivity index (χ0v) is 10.5. The number of unbranched alkanes of at least 4 members (excludes halogenated alkanes) is 2. The van der Waals surface area contributed by atoms with E-state index in [2.05, 4.69) is 11.3 Å². The first-order valence-corrected chi connectivity index (χ1v) is 6.16. The Balaban J connectivity index is 0.000000226. The first-order chi connectivity index (χ1) is 6.22. The van der Waals surface area contributed by atoms with Crippen molar-refractivity contribution >= 4 is 46.3 Å². The molecular weight excluding hydrogens is 249 g/mol. The van der Waals surface area contributed by atoms with Gasteiger partial charge < -0.3 is 0 Å². The van der Waals surface area contributed by atoms with Crippen molar-refractivity contribution in [3.63, 3.8) is 0 Å². The molecule has 1 aromatic rings. The highest BCUT2D eigenvalue weighted by atomic mass is 35.5. The number of hydrogen-bond donors (Lipinski definition) is 0. The summed E-state index contributed by atoms with van der Waals surface area (Å²) in [5.41, 5.74) is 0. The quantitative estimate of drug-likeness (QED) is 0.558. The molecule has 13 heavy (non-hydrogen) atoms. The van der Waals surface area contributed by atoms with Crippen molar-refractivity contribution in [1.82, 2.24) is 4.37 Å². The van der Waals surface area contributed by atoms with Crippen LogP contribution < -0.4 is 0 Å². The van der Waals surface area contributed by atoms with Crippen molar-refractivity contribution in [2.24, 2.45) is 0 Å². The van der Waals surface area contributed by atoms with Gasteiger partial charge in [0.05, 0.1) is 5.02 Å². The van der Waals surface area contributed by atoms with Crippen LogP contribution in [0.4, 0.5) is 0 Å². The molecule has 1 nitrogen and oxygen atoms in total. The van der Waals surface area contributed by atoms with Crippen molar-refractivity contribution in [1.29, 1.82) is 0 Å². The van der Waals surface area contributed by atoms with E-state index in [1.165, 1.54) is 30.8 Å². The molecule has 0 aliphatic rings. The predicted molar refractivity (Wildman–Crippen MR) is 62.4 cm³/mol. The summed E-state index contributed by atoms with van der Waals surface area (Å²) in [7, 11) is 0. The van der Waals surface area contributed by atoms with Gasteiger partial charge in [-0.2, -0.15) is 4.37 Å². The summed E-state index contributed by atoms with van der Waals surface area (Å²) in [5, 5.41) is 2.61. The van der Waals surface area contributed by atoms with Crippen LogP contribution >= 0.6 is 46.3 Å². The van der Waals surface area contributed by atoms with Crippen LogP contribution in [-0.2, 0) is 0 Å². The van der Waals surface area contributed by atoms with Gasteiger partial charge in [-0.3, -0.25) is 0 Å². The van der Waals surface area contributed by atoms with E-state index in [1.807, 2.05) is 0 Å². The van der Waals surface area contributed by atoms with Crippen molar-refractivity contribution in [2.75, 3.05) is 5.88 Å². The van der Waals surface area contributed by atoms with E-state index in [-0.39, 0.29) is 0 Å². The molecule has 1 aromatic heterocycles. The van der Waals surface area contributed by atoms with E-state index in [0.29, 0.717) is 10.2 Å². The van der Waals surface area contributed by atoms with E-state index in [9.17, 15) is 0 Å². The summed E-state index contributed by atoms with van der Waals surface area (Å²) in [6.07, 6.45) is 3.73. The monoisotopic (exact) mass is 259 g/mol. The molecule has 0 aliphatic carbocycles. The second kappa shape index (κ2) is 9.07. The molecule has 0 saturated heterocycles. The average Bonchev–Trinajstić information content (AvgIpc) is 2.49. The van der Waals surface area contributed by atoms with Gasteiger partial charge in [-0.1, -0.05) is 43.0 Å². The maximum absolute atomic E-state index is 5.44. The summed E-state index contributed by atoms with van der Waals surface area (Å²) in [6.45, 7) is 2.17. The van der Waals surface area contributed by atoms with Gasteiger partial charge >= 0.3 is 0 Å². The van der Waals surface area contributed by atoms with Gasteiger partial charge in [0.25, 0.3) is 0 Å². The van der Waals surface area contributed by atoms with Gasteiger partial charge in [0.15, 0.2) is 5.15 Å². The Labute approximate surface area is 98.2 Å². The highest BCUT2D eigenvalue weighted by Gasteiger charge is 1.94. The lowest BCUT2D eigenvalue weighted by molar-refractivity contribution is 0.776. The van der Waals surface area contributed by atoms with Crippen LogP contribution in [0.2, 0.25) is 10.2 Å². The minimum Gasteiger partial charge on any atom is -0.179 e. The first-order valence-electron chi connectivity index (χ1n) is 4.03. The molecule has 76 valence electrons. The topological polar surface area (TPSA) is 12.9 Å². The van der Waals surface area contributed by atoms with Crippen molar-refractivity contribution in [3.05, 3.63) is 15.6 Å². The SMILES string of the molecule is CCCCCCl.Clc1csnc1Cl. The number of hydrogen-bond acceptors (Lipinski definition) is 2. The van der Waals surface area contributed by atoms with Crippen LogP contribution in [0.25, 0.3) is 0 Å². The summed E-state index contributed by atoms with van der Waals surface area (Å²) < 4.78 is 3.69. The molecule has 0 saturated carbocycles. The molecular formula is C8H12Cl3NS. The van der Waals surface area contributed by atoms with Crippen LogP contribution in [0.1, 0.15) is 26.2 Å². The molecule has 1 heterocycles. The van der Waals surface area contributed by atoms with Crippen molar-refractivity contribution < 1.29 is 0 Å². The van der Waals surface area contributed by atoms with Gasteiger partial charge in [0, 0.05) is 11.3 Å². The average molecular weight is 261 g/mol. The molecule has 0 unspecified atom stereocenters. The fraction of sp³-hybridized carbons (Fsp3) is 0.625. The van der Waals surface area contributed by atoms with E-state index in [1.54, 1.807) is 5.38 Å². The van der Waals surface area contributed by atoms with E-state index in [0.717, 1.165) is 5.88 Å². The third kappa shape index (κ3) is 7.56. The molecule has 0 N–H and O–H groups in total. The highest BCUT2D eigenvalue weighted by Crippen LogP contribution is 2.20. The Morgan fingerprint density at radius 2 is 2.08 bits per heavy atom. The molecule has 0 aliphatic heterocycles. The molecule has 1 rings (SSSR count). The summed E-state index contributed by atoms with van der Waals surface area (Å²) in [6, 6.07) is 0. The largest absolute Gasteiger partial charge is 0.179 e. The maximum Gasteiger partial charge on any atom is 0.161 e. The fourth-order valence-corrected chi connectivity index (χ4v) is 1.64. The van der Waals surface area contributed by atoms with Gasteiger partial charge in [0.1, 0.15) is 0 Å². The molecule has 0 radical (unpaired) electrons. The Kier molecular flexibility index (Phi) is 9.42. The molecule has 0 amide bonds. The van der Waals surface area contributed by atoms with Gasteiger partial charge in [-0.15, -0.1) is 11.6 Å². The number of halogens is 3. The van der Waals surface area contributed by atoms with Crippen LogP contribution in [0.5, 0.6) is 0 Å². The zero-order valence-electron chi connectivity index (χ0n) is 7.40. The second-order valence-corrected chi connectivity index (χ2v) is 4.12. The first kappa shape index (κ1) is 13.5. The zero-order chi connectivity index (χ0) is 10.1. The lowest BCUT2D eigenvalue weighted by Gasteiger charge is -1.84. The second-order valence-electron chi connectivity index (χ2n) is 2.35. The lowest BCUT2D eigenvalue weighted by atomic mass is 10.3. The highest BCUT2D eigenvalue weighted by molar-refractivity contribution is 7.04. The van der Waals surface area contributed by atoms with E-state index >= 15 is 0 Å². The summed E-state index contributed by atoms with van der Waals surface area (Å²) in [5.74, 6) is 0.827. The smallest absolute Gasteiger partial charge is 0.161 e. The van der Waals surface area contributed by atoms with Crippen LogP contribution in [-0.4, -0.2) is 10.3 Å². The number of alkyl halides is 1. The Morgan fingerprint density at radius 1 is 1.38 bits per heavy atom. The third-order valence-corrected chi connectivity index (χ3v) is 3.02. The van der Waals surface area contributed by atoms with Crippen molar-refractivity contribution in [3.8, 4) is 0 Å². The third-order valence-electron chi connectivity index (χ3n) is 1.22. The normalized spacial score (nSPS) is 9.23. The molecule has 0 atom stereocenters. The molecule has 5 heteroatoms. The Hall–Kier alpha value is 0.500. The number of rotatable bonds is 3. The van der Waals surface area contributed by atoms with E-state index < -0.39 is 0 Å². The summed E-state index contributed by atoms with van der Waals surface area (Å²) in [4.78, 5) is 0. The van der Waals surface area contributed by atoms with Gasteiger partial charge in [-0.25, -0.2) is 0 Å². The summed E-state index contributed by atoms with van der Waals surface area (Å²) >= 11 is 17.5. The lowest BCUT2D eigenvalue weighted by Crippen LogP contribution is -1.70. The van der Waals surface area contributed by atoms with Gasteiger partial charge in [0.2, 0.25) is 0 Å². The predicted octanol–water partition coefficient (Wildman–Crippen LogP) is 4.87. The maximum atomic E-state index is 5.44. The Bertz CT molecular complexity index is 194. The number of nitrogens with zero attached hydrogens (tertiary/aromatic N) is 1. The molecule has 0 bridgehead atoms. The molecule has 0 spiro atoms. The number of aromatic nitrogens is 1. The van der Waals surface area contributed by atoms with Crippen molar-refractivity contribution in [2.45, 2.75) is 26.2 Å². The fourth-order valence-electron chi connectivity index (χ4n) is 0.556. The van der Waals surface area contributed by atoms with E-state index in [4.69, 9.17) is 34.8 Å². The van der Waals surface area contributed by atoms with Crippen LogP contribution in [0.15, 0.2) is 5.38 Å². The standard InChI is InChI=1S/C5H11Cl.C3HCl2NS/c1-2-3-4-5-6;4-2-1-7-6-3(2)5/h2-5H2,1H3;1H. The van der Waals surface area contributed by atoms with Gasteiger partial charge in [-0.05, 0) is 18.0 Å². The van der Waals surface area contributed by atoms with Crippen LogP contribution in [0, 0.1) is 0 Å². The molecule has 0 aromatic carbocycles. The molecule has 0 fully saturated rings.